The molecule has 0 unspecified atom stereocenters. The fourth-order valence-corrected chi connectivity index (χ4v) is 5.65. The average molecular weight is 292 g/mol. The zero-order chi connectivity index (χ0) is 14.9. The third-order valence-electron chi connectivity index (χ3n) is 6.08. The largest absolute Gasteiger partial charge is 0.492 e. The number of hydrogen-bond acceptors (Lipinski definition) is 2. The molecule has 0 spiro atoms. The molecule has 0 aliphatic heterocycles. The van der Waals surface area contributed by atoms with Gasteiger partial charge in [0.15, 0.2) is 0 Å². The number of carbonyl (C=O) groups is 1. The minimum atomic E-state index is -0.967. The van der Waals surface area contributed by atoms with Crippen LogP contribution in [0, 0.1) is 23.7 Å². The molecule has 21 heavy (non-hydrogen) atoms. The monoisotopic (exact) mass is 292 g/mol. The van der Waals surface area contributed by atoms with E-state index in [4.69, 9.17) is 0 Å². The normalized spacial score (nSPS) is 37.6. The highest BCUT2D eigenvalue weighted by Gasteiger charge is 2.51. The standard InChI is InChI=1S/C16H24N2O3/c1-8(2)13-15(19)17(18(13)16(20)21)14-11-4-9-3-10(6-11)7-12(14)5-9/h8-12,14,19H,3-7H2,1-2H3,(H,20,21). The maximum Gasteiger partial charge on any atom is 0.431 e. The van der Waals surface area contributed by atoms with Gasteiger partial charge in [0.05, 0.1) is 6.04 Å². The quantitative estimate of drug-likeness (QED) is 0.874. The van der Waals surface area contributed by atoms with Gasteiger partial charge in [-0.15, -0.1) is 0 Å². The summed E-state index contributed by atoms with van der Waals surface area (Å²) in [4.78, 5) is 11.6. The summed E-state index contributed by atoms with van der Waals surface area (Å²) in [5.74, 6) is 3.02. The molecule has 1 aromatic rings. The number of hydrogen-bond donors (Lipinski definition) is 2. The second-order valence-corrected chi connectivity index (χ2v) is 7.72. The highest BCUT2D eigenvalue weighted by molar-refractivity contribution is 5.70. The van der Waals surface area contributed by atoms with Gasteiger partial charge in [-0.2, -0.15) is 4.68 Å². The second-order valence-electron chi connectivity index (χ2n) is 7.72. The van der Waals surface area contributed by atoms with Crippen LogP contribution >= 0.6 is 0 Å². The minimum absolute atomic E-state index is 0.0224. The van der Waals surface area contributed by atoms with E-state index in [1.54, 1.807) is 4.68 Å². The molecule has 5 heteroatoms. The van der Waals surface area contributed by atoms with Gasteiger partial charge in [0.2, 0.25) is 5.88 Å². The summed E-state index contributed by atoms with van der Waals surface area (Å²) < 4.78 is 3.01. The molecule has 5 rings (SSSR count). The molecule has 1 heterocycles. The first-order chi connectivity index (χ1) is 9.97. The van der Waals surface area contributed by atoms with Crippen LogP contribution in [-0.4, -0.2) is 25.7 Å². The average Bonchev–Trinajstić information content (AvgIpc) is 2.37. The number of carboxylic acid groups (broad SMARTS) is 1. The summed E-state index contributed by atoms with van der Waals surface area (Å²) in [6.07, 6.45) is 5.27. The van der Waals surface area contributed by atoms with Crippen molar-refractivity contribution >= 4 is 6.09 Å². The first-order valence-corrected chi connectivity index (χ1v) is 8.22. The number of rotatable bonds is 2. The van der Waals surface area contributed by atoms with E-state index < -0.39 is 6.09 Å². The van der Waals surface area contributed by atoms with Gasteiger partial charge in [-0.1, -0.05) is 13.8 Å². The predicted octanol–water partition coefficient (Wildman–Crippen LogP) is 3.64. The van der Waals surface area contributed by atoms with E-state index in [-0.39, 0.29) is 17.8 Å². The summed E-state index contributed by atoms with van der Waals surface area (Å²) in [5.41, 5.74) is 0.552. The fraction of sp³-hybridized carbons (Fsp3) is 0.812. The van der Waals surface area contributed by atoms with Crippen LogP contribution in [0.15, 0.2) is 0 Å². The van der Waals surface area contributed by atoms with Gasteiger partial charge in [-0.25, -0.2) is 9.48 Å². The van der Waals surface area contributed by atoms with Crippen molar-refractivity contribution in [2.45, 2.75) is 57.9 Å². The molecule has 4 fully saturated rings. The lowest BCUT2D eigenvalue weighted by Crippen LogP contribution is -2.49. The van der Waals surface area contributed by atoms with Crippen LogP contribution < -0.4 is 0 Å². The first-order valence-electron chi connectivity index (χ1n) is 8.22. The van der Waals surface area contributed by atoms with Crippen molar-refractivity contribution in [2.24, 2.45) is 23.7 Å². The molecule has 0 radical (unpaired) electrons. The Labute approximate surface area is 124 Å². The van der Waals surface area contributed by atoms with Crippen LogP contribution in [0.25, 0.3) is 0 Å². The Morgan fingerprint density at radius 3 is 2.05 bits per heavy atom. The van der Waals surface area contributed by atoms with E-state index in [0.29, 0.717) is 17.5 Å². The predicted molar refractivity (Wildman–Crippen MR) is 77.7 cm³/mol. The summed E-state index contributed by atoms with van der Waals surface area (Å²) in [7, 11) is 0. The molecule has 0 aromatic carbocycles. The van der Waals surface area contributed by atoms with E-state index in [1.807, 2.05) is 13.8 Å². The van der Waals surface area contributed by atoms with E-state index in [0.717, 1.165) is 11.8 Å². The number of aromatic nitrogens is 2. The molecule has 4 saturated carbocycles. The van der Waals surface area contributed by atoms with Crippen LogP contribution in [0.4, 0.5) is 4.79 Å². The molecule has 2 N–H and O–H groups in total. The number of nitrogens with zero attached hydrogens (tertiary/aromatic N) is 2. The zero-order valence-electron chi connectivity index (χ0n) is 12.7. The van der Waals surface area contributed by atoms with Crippen molar-refractivity contribution in [1.82, 2.24) is 9.36 Å². The number of aromatic hydroxyl groups is 1. The van der Waals surface area contributed by atoms with Gasteiger partial charge in [0.1, 0.15) is 5.69 Å². The molecular formula is C16H24N2O3. The molecule has 116 valence electrons. The highest BCUT2D eigenvalue weighted by atomic mass is 16.4. The fourth-order valence-electron chi connectivity index (χ4n) is 5.65. The van der Waals surface area contributed by atoms with Gasteiger partial charge >= 0.3 is 6.09 Å². The molecule has 4 bridgehead atoms. The summed E-state index contributed by atoms with van der Waals surface area (Å²) in [6.45, 7) is 3.85. The third-order valence-corrected chi connectivity index (χ3v) is 6.08. The maximum atomic E-state index is 11.6. The Bertz CT molecular complexity index is 556. The van der Waals surface area contributed by atoms with Crippen molar-refractivity contribution in [2.75, 3.05) is 0 Å². The molecular weight excluding hydrogens is 268 g/mol. The summed E-state index contributed by atoms with van der Waals surface area (Å²) in [5, 5.41) is 20.0. The lowest BCUT2D eigenvalue weighted by atomic mass is 9.54. The zero-order valence-corrected chi connectivity index (χ0v) is 12.7. The summed E-state index contributed by atoms with van der Waals surface area (Å²) in [6, 6.07) is 0.191. The van der Waals surface area contributed by atoms with Crippen molar-refractivity contribution in [3.63, 3.8) is 0 Å². The Hall–Kier alpha value is -1.39. The van der Waals surface area contributed by atoms with Gasteiger partial charge < -0.3 is 10.2 Å². The Balaban J connectivity index is 1.74. The molecule has 0 atom stereocenters. The molecule has 4 aliphatic rings. The summed E-state index contributed by atoms with van der Waals surface area (Å²) >= 11 is 0. The van der Waals surface area contributed by atoms with E-state index in [2.05, 4.69) is 0 Å². The SMILES string of the molecule is CC(C)c1c(O)n(C2C3CC4CC(C3)CC2C4)n1C(=O)O. The lowest BCUT2D eigenvalue weighted by molar-refractivity contribution is -0.0447. The Kier molecular flexibility index (Phi) is 2.72. The van der Waals surface area contributed by atoms with Crippen LogP contribution in [0.3, 0.4) is 0 Å². The van der Waals surface area contributed by atoms with Gasteiger partial charge in [0.25, 0.3) is 0 Å². The Morgan fingerprint density at radius 1 is 1.10 bits per heavy atom. The topological polar surface area (TPSA) is 67.4 Å². The van der Waals surface area contributed by atoms with Crippen molar-refractivity contribution in [1.29, 1.82) is 0 Å². The van der Waals surface area contributed by atoms with Gasteiger partial charge in [0, 0.05) is 5.92 Å². The maximum absolute atomic E-state index is 11.6. The smallest absolute Gasteiger partial charge is 0.431 e. The van der Waals surface area contributed by atoms with E-state index >= 15 is 0 Å². The van der Waals surface area contributed by atoms with Crippen LogP contribution in [-0.2, 0) is 0 Å². The minimum Gasteiger partial charge on any atom is -0.492 e. The van der Waals surface area contributed by atoms with Crippen LogP contribution in [0.2, 0.25) is 0 Å². The molecule has 4 aliphatic carbocycles. The molecule has 5 nitrogen and oxygen atoms in total. The third kappa shape index (κ3) is 1.72. The van der Waals surface area contributed by atoms with E-state index in [1.165, 1.54) is 36.8 Å². The van der Waals surface area contributed by atoms with Crippen LogP contribution in [0.5, 0.6) is 5.88 Å². The highest BCUT2D eigenvalue weighted by Crippen LogP contribution is 2.59. The van der Waals surface area contributed by atoms with Crippen molar-refractivity contribution in [3.05, 3.63) is 5.69 Å². The first kappa shape index (κ1) is 13.3. The second kappa shape index (κ2) is 4.31. The van der Waals surface area contributed by atoms with Gasteiger partial charge in [-0.05, 0) is 55.8 Å². The van der Waals surface area contributed by atoms with E-state index in [9.17, 15) is 15.0 Å². The van der Waals surface area contributed by atoms with Crippen molar-refractivity contribution in [3.8, 4) is 5.88 Å². The van der Waals surface area contributed by atoms with Gasteiger partial charge in [-0.3, -0.25) is 0 Å². The molecule has 0 saturated heterocycles. The lowest BCUT2D eigenvalue weighted by Gasteiger charge is -2.55. The molecule has 1 aromatic heterocycles. The Morgan fingerprint density at radius 2 is 1.62 bits per heavy atom. The van der Waals surface area contributed by atoms with Crippen LogP contribution in [0.1, 0.15) is 63.6 Å². The van der Waals surface area contributed by atoms with Crippen molar-refractivity contribution < 1.29 is 15.0 Å². The molecule has 0 amide bonds.